The summed E-state index contributed by atoms with van der Waals surface area (Å²) in [7, 11) is 1.89. The van der Waals surface area contributed by atoms with E-state index in [9.17, 15) is 9.59 Å². The van der Waals surface area contributed by atoms with E-state index >= 15 is 0 Å². The van der Waals surface area contributed by atoms with Gasteiger partial charge in [-0.05, 0) is 44.9 Å². The number of hydrogen-bond acceptors (Lipinski definition) is 4. The zero-order valence-corrected chi connectivity index (χ0v) is 13.6. The molecule has 23 heavy (non-hydrogen) atoms. The lowest BCUT2D eigenvalue weighted by Gasteiger charge is -2.14. The lowest BCUT2D eigenvalue weighted by atomic mass is 10.1. The number of amides is 1. The lowest BCUT2D eigenvalue weighted by Crippen LogP contribution is -2.35. The average molecular weight is 316 g/mol. The van der Waals surface area contributed by atoms with Gasteiger partial charge in [0.2, 0.25) is 0 Å². The molecule has 2 heterocycles. The minimum absolute atomic E-state index is 0.0387. The number of nitrogens with one attached hydrogen (secondary N) is 1. The number of carbonyl (C=O) groups excluding carboxylic acids is 1. The zero-order valence-electron chi connectivity index (χ0n) is 13.6. The van der Waals surface area contributed by atoms with Crippen molar-refractivity contribution in [1.29, 1.82) is 0 Å². The molecule has 7 heteroatoms. The number of carboxylic acid groups (broad SMARTS) is 1. The van der Waals surface area contributed by atoms with Crippen LogP contribution in [-0.4, -0.2) is 37.8 Å². The Balaban J connectivity index is 2.08. The van der Waals surface area contributed by atoms with Crippen molar-refractivity contribution in [3.05, 3.63) is 46.5 Å². The van der Waals surface area contributed by atoms with E-state index in [0.717, 1.165) is 17.0 Å². The van der Waals surface area contributed by atoms with E-state index in [1.165, 1.54) is 18.3 Å². The van der Waals surface area contributed by atoms with Crippen LogP contribution in [0.4, 0.5) is 0 Å². The van der Waals surface area contributed by atoms with E-state index in [2.05, 4.69) is 15.4 Å². The molecule has 0 aliphatic rings. The van der Waals surface area contributed by atoms with Crippen LogP contribution in [0.3, 0.4) is 0 Å². The van der Waals surface area contributed by atoms with Gasteiger partial charge in [0.1, 0.15) is 5.69 Å². The standard InChI is InChI=1S/C16H20N4O3/c1-9(7-13-10(2)19-20(4)11(13)3)18-15(21)14-8-12(16(22)23)5-6-17-14/h5-6,8-9H,7H2,1-4H3,(H,18,21)(H,22,23). The third-order valence-electron chi connectivity index (χ3n) is 3.79. The Morgan fingerprint density at radius 2 is 2.09 bits per heavy atom. The highest BCUT2D eigenvalue weighted by molar-refractivity contribution is 5.95. The lowest BCUT2D eigenvalue weighted by molar-refractivity contribution is 0.0696. The second kappa shape index (κ2) is 6.60. The molecule has 1 unspecified atom stereocenters. The van der Waals surface area contributed by atoms with Gasteiger partial charge in [-0.25, -0.2) is 4.79 Å². The molecule has 0 bridgehead atoms. The highest BCUT2D eigenvalue weighted by Gasteiger charge is 2.17. The number of aryl methyl sites for hydroxylation is 2. The minimum Gasteiger partial charge on any atom is -0.478 e. The van der Waals surface area contributed by atoms with Gasteiger partial charge in [-0.3, -0.25) is 14.5 Å². The second-order valence-corrected chi connectivity index (χ2v) is 5.59. The van der Waals surface area contributed by atoms with Gasteiger partial charge in [-0.2, -0.15) is 5.10 Å². The van der Waals surface area contributed by atoms with Gasteiger partial charge in [0.15, 0.2) is 0 Å². The van der Waals surface area contributed by atoms with E-state index < -0.39 is 5.97 Å². The second-order valence-electron chi connectivity index (χ2n) is 5.59. The maximum atomic E-state index is 12.2. The summed E-state index contributed by atoms with van der Waals surface area (Å²) in [5, 5.41) is 16.2. The molecule has 0 radical (unpaired) electrons. The molecule has 0 fully saturated rings. The summed E-state index contributed by atoms with van der Waals surface area (Å²) < 4.78 is 1.82. The molecule has 2 N–H and O–H groups in total. The largest absolute Gasteiger partial charge is 0.478 e. The van der Waals surface area contributed by atoms with Crippen molar-refractivity contribution in [1.82, 2.24) is 20.1 Å². The van der Waals surface area contributed by atoms with Crippen LogP contribution in [0.1, 0.15) is 44.7 Å². The monoisotopic (exact) mass is 316 g/mol. The highest BCUT2D eigenvalue weighted by atomic mass is 16.4. The van der Waals surface area contributed by atoms with Crippen molar-refractivity contribution in [3.8, 4) is 0 Å². The van der Waals surface area contributed by atoms with Crippen molar-refractivity contribution in [3.63, 3.8) is 0 Å². The number of carboxylic acids is 1. The van der Waals surface area contributed by atoms with Crippen LogP contribution in [0.5, 0.6) is 0 Å². The fourth-order valence-electron chi connectivity index (χ4n) is 2.46. The quantitative estimate of drug-likeness (QED) is 0.871. The third kappa shape index (κ3) is 3.74. The predicted molar refractivity (Wildman–Crippen MR) is 84.5 cm³/mol. The van der Waals surface area contributed by atoms with Crippen molar-refractivity contribution in [2.75, 3.05) is 0 Å². The minimum atomic E-state index is -1.09. The normalized spacial score (nSPS) is 12.0. The van der Waals surface area contributed by atoms with Crippen LogP contribution in [0, 0.1) is 13.8 Å². The van der Waals surface area contributed by atoms with Gasteiger partial charge < -0.3 is 10.4 Å². The maximum Gasteiger partial charge on any atom is 0.335 e. The summed E-state index contributed by atoms with van der Waals surface area (Å²) in [6.07, 6.45) is 1.97. The van der Waals surface area contributed by atoms with Crippen LogP contribution in [0.15, 0.2) is 18.3 Å². The van der Waals surface area contributed by atoms with Gasteiger partial charge in [0.25, 0.3) is 5.91 Å². The van der Waals surface area contributed by atoms with Crippen LogP contribution >= 0.6 is 0 Å². The topological polar surface area (TPSA) is 97.1 Å². The van der Waals surface area contributed by atoms with E-state index in [-0.39, 0.29) is 23.2 Å². The maximum absolute atomic E-state index is 12.2. The molecular formula is C16H20N4O3. The Labute approximate surface area is 134 Å². The number of aromatic nitrogens is 3. The number of hydrogen-bond donors (Lipinski definition) is 2. The molecule has 0 aliphatic carbocycles. The Bertz CT molecular complexity index is 752. The molecule has 2 rings (SSSR count). The molecule has 1 amide bonds. The van der Waals surface area contributed by atoms with E-state index in [4.69, 9.17) is 5.11 Å². The van der Waals surface area contributed by atoms with Crippen LogP contribution in [0.2, 0.25) is 0 Å². The molecule has 2 aromatic heterocycles. The van der Waals surface area contributed by atoms with Crippen molar-refractivity contribution in [2.24, 2.45) is 7.05 Å². The fraction of sp³-hybridized carbons (Fsp3) is 0.375. The Hall–Kier alpha value is -2.70. The first-order valence-corrected chi connectivity index (χ1v) is 7.29. The van der Waals surface area contributed by atoms with Crippen LogP contribution in [-0.2, 0) is 13.5 Å². The van der Waals surface area contributed by atoms with E-state index in [1.807, 2.05) is 32.5 Å². The molecular weight excluding hydrogens is 296 g/mol. The molecule has 0 saturated carbocycles. The van der Waals surface area contributed by atoms with Crippen LogP contribution in [0.25, 0.3) is 0 Å². The first-order chi connectivity index (χ1) is 10.8. The summed E-state index contributed by atoms with van der Waals surface area (Å²) in [6.45, 7) is 5.82. The van der Waals surface area contributed by atoms with E-state index in [0.29, 0.717) is 6.42 Å². The fourth-order valence-corrected chi connectivity index (χ4v) is 2.46. The van der Waals surface area contributed by atoms with E-state index in [1.54, 1.807) is 0 Å². The molecule has 0 aliphatic heterocycles. The van der Waals surface area contributed by atoms with Gasteiger partial charge in [0.05, 0.1) is 11.3 Å². The van der Waals surface area contributed by atoms with Gasteiger partial charge in [0, 0.05) is 25.0 Å². The van der Waals surface area contributed by atoms with Crippen molar-refractivity contribution in [2.45, 2.75) is 33.2 Å². The van der Waals surface area contributed by atoms with Crippen LogP contribution < -0.4 is 5.32 Å². The number of nitrogens with zero attached hydrogens (tertiary/aromatic N) is 3. The first kappa shape index (κ1) is 16.7. The average Bonchev–Trinajstić information content (AvgIpc) is 2.73. The zero-order chi connectivity index (χ0) is 17.1. The smallest absolute Gasteiger partial charge is 0.335 e. The summed E-state index contributed by atoms with van der Waals surface area (Å²) in [6, 6.07) is 2.50. The van der Waals surface area contributed by atoms with Gasteiger partial charge in [-0.15, -0.1) is 0 Å². The Morgan fingerprint density at radius 3 is 2.65 bits per heavy atom. The molecule has 7 nitrogen and oxygen atoms in total. The summed E-state index contributed by atoms with van der Waals surface area (Å²) >= 11 is 0. The first-order valence-electron chi connectivity index (χ1n) is 7.29. The van der Waals surface area contributed by atoms with Crippen molar-refractivity contribution >= 4 is 11.9 Å². The van der Waals surface area contributed by atoms with Crippen molar-refractivity contribution < 1.29 is 14.7 Å². The summed E-state index contributed by atoms with van der Waals surface area (Å²) in [4.78, 5) is 27.1. The predicted octanol–water partition coefficient (Wildman–Crippen LogP) is 1.49. The number of carbonyl (C=O) groups is 2. The molecule has 122 valence electrons. The summed E-state index contributed by atoms with van der Waals surface area (Å²) in [5.74, 6) is -1.48. The third-order valence-corrected chi connectivity index (χ3v) is 3.79. The molecule has 0 spiro atoms. The molecule has 0 saturated heterocycles. The number of pyridine rings is 1. The Kier molecular flexibility index (Phi) is 4.78. The summed E-state index contributed by atoms with van der Waals surface area (Å²) in [5.41, 5.74) is 3.24. The molecule has 1 atom stereocenters. The molecule has 0 aromatic carbocycles. The number of rotatable bonds is 5. The molecule has 2 aromatic rings. The Morgan fingerprint density at radius 1 is 1.39 bits per heavy atom. The highest BCUT2D eigenvalue weighted by Crippen LogP contribution is 2.14. The van der Waals surface area contributed by atoms with Gasteiger partial charge in [-0.1, -0.05) is 0 Å². The van der Waals surface area contributed by atoms with Gasteiger partial charge >= 0.3 is 5.97 Å². The SMILES string of the molecule is Cc1nn(C)c(C)c1CC(C)NC(=O)c1cc(C(=O)O)ccn1. The number of aromatic carboxylic acids is 1.